The zero-order valence-corrected chi connectivity index (χ0v) is 10.7. The van der Waals surface area contributed by atoms with Crippen LogP contribution >= 0.6 is 15.9 Å². The van der Waals surface area contributed by atoms with E-state index in [0.717, 1.165) is 22.8 Å². The highest BCUT2D eigenvalue weighted by Crippen LogP contribution is 2.14. The molecule has 17 heavy (non-hydrogen) atoms. The van der Waals surface area contributed by atoms with E-state index in [-0.39, 0.29) is 5.69 Å². The largest absolute Gasteiger partial charge is 0.207 e. The predicted molar refractivity (Wildman–Crippen MR) is 63.5 cm³/mol. The third-order valence-electron chi connectivity index (χ3n) is 2.33. The third-order valence-corrected chi connectivity index (χ3v) is 2.73. The van der Waals surface area contributed by atoms with Crippen LogP contribution in [0.25, 0.3) is 5.69 Å². The SMILES string of the molecule is Cc1nn(-c2ccc(F)cc2F)nc1CCBr. The molecule has 0 aliphatic rings. The van der Waals surface area contributed by atoms with E-state index >= 15 is 0 Å². The number of rotatable bonds is 3. The molecule has 6 heteroatoms. The lowest BCUT2D eigenvalue weighted by atomic mass is 10.3. The van der Waals surface area contributed by atoms with Gasteiger partial charge in [-0.2, -0.15) is 10.2 Å². The Kier molecular flexibility index (Phi) is 3.51. The number of benzene rings is 1. The molecule has 0 unspecified atom stereocenters. The Morgan fingerprint density at radius 2 is 2.06 bits per heavy atom. The van der Waals surface area contributed by atoms with Crippen molar-refractivity contribution in [3.05, 3.63) is 41.2 Å². The highest BCUT2D eigenvalue weighted by molar-refractivity contribution is 9.09. The van der Waals surface area contributed by atoms with Gasteiger partial charge in [0, 0.05) is 17.8 Å². The molecule has 0 bridgehead atoms. The summed E-state index contributed by atoms with van der Waals surface area (Å²) in [7, 11) is 0. The van der Waals surface area contributed by atoms with Crippen LogP contribution in [-0.2, 0) is 6.42 Å². The fraction of sp³-hybridized carbons (Fsp3) is 0.273. The summed E-state index contributed by atoms with van der Waals surface area (Å²) in [5.74, 6) is -1.29. The predicted octanol–water partition coefficient (Wildman–Crippen LogP) is 2.79. The number of aryl methyl sites for hydroxylation is 2. The summed E-state index contributed by atoms with van der Waals surface area (Å²) in [5, 5.41) is 9.05. The molecule has 2 rings (SSSR count). The minimum atomic E-state index is -0.676. The van der Waals surface area contributed by atoms with E-state index in [4.69, 9.17) is 0 Å². The lowest BCUT2D eigenvalue weighted by molar-refractivity contribution is 0.564. The maximum atomic E-state index is 13.5. The van der Waals surface area contributed by atoms with Crippen LogP contribution in [0.15, 0.2) is 18.2 Å². The third kappa shape index (κ3) is 2.52. The van der Waals surface area contributed by atoms with E-state index in [1.54, 1.807) is 0 Å². The lowest BCUT2D eigenvalue weighted by Gasteiger charge is -2.00. The van der Waals surface area contributed by atoms with Gasteiger partial charge in [0.25, 0.3) is 0 Å². The first-order valence-electron chi connectivity index (χ1n) is 5.06. The van der Waals surface area contributed by atoms with Gasteiger partial charge in [0.1, 0.15) is 11.5 Å². The Morgan fingerprint density at radius 1 is 1.29 bits per heavy atom. The minimum Gasteiger partial charge on any atom is -0.207 e. The molecule has 0 radical (unpaired) electrons. The fourth-order valence-corrected chi connectivity index (χ4v) is 1.86. The Morgan fingerprint density at radius 3 is 2.71 bits per heavy atom. The average molecular weight is 302 g/mol. The van der Waals surface area contributed by atoms with Gasteiger partial charge in [0.05, 0.1) is 11.4 Å². The summed E-state index contributed by atoms with van der Waals surface area (Å²) in [5.41, 5.74) is 1.69. The van der Waals surface area contributed by atoms with E-state index in [1.165, 1.54) is 16.9 Å². The number of nitrogens with zero attached hydrogens (tertiary/aromatic N) is 3. The van der Waals surface area contributed by atoms with E-state index in [2.05, 4.69) is 26.1 Å². The van der Waals surface area contributed by atoms with Gasteiger partial charge in [-0.15, -0.1) is 4.80 Å². The minimum absolute atomic E-state index is 0.148. The molecule has 1 aromatic carbocycles. The molecule has 0 amide bonds. The van der Waals surface area contributed by atoms with Crippen molar-refractivity contribution in [3.8, 4) is 5.69 Å². The van der Waals surface area contributed by atoms with Crippen molar-refractivity contribution in [1.29, 1.82) is 0 Å². The molecule has 0 aliphatic heterocycles. The molecule has 0 atom stereocenters. The fourth-order valence-electron chi connectivity index (χ4n) is 1.48. The quantitative estimate of drug-likeness (QED) is 0.816. The van der Waals surface area contributed by atoms with Gasteiger partial charge in [-0.1, -0.05) is 15.9 Å². The zero-order chi connectivity index (χ0) is 12.4. The number of hydrogen-bond donors (Lipinski definition) is 0. The lowest BCUT2D eigenvalue weighted by Crippen LogP contribution is -2.03. The number of aromatic nitrogens is 3. The highest BCUT2D eigenvalue weighted by atomic mass is 79.9. The molecule has 90 valence electrons. The van der Waals surface area contributed by atoms with Gasteiger partial charge in [-0.25, -0.2) is 8.78 Å². The molecule has 0 aliphatic carbocycles. The van der Waals surface area contributed by atoms with Crippen molar-refractivity contribution in [1.82, 2.24) is 15.0 Å². The van der Waals surface area contributed by atoms with Crippen molar-refractivity contribution in [2.75, 3.05) is 5.33 Å². The van der Waals surface area contributed by atoms with Crippen molar-refractivity contribution in [3.63, 3.8) is 0 Å². The molecular formula is C11H10BrF2N3. The molecule has 3 nitrogen and oxygen atoms in total. The van der Waals surface area contributed by atoms with Gasteiger partial charge < -0.3 is 0 Å². The van der Waals surface area contributed by atoms with Crippen molar-refractivity contribution < 1.29 is 8.78 Å². The van der Waals surface area contributed by atoms with Crippen LogP contribution in [0.2, 0.25) is 0 Å². The van der Waals surface area contributed by atoms with Crippen LogP contribution in [-0.4, -0.2) is 20.3 Å². The smallest absolute Gasteiger partial charge is 0.153 e. The first kappa shape index (κ1) is 12.2. The maximum absolute atomic E-state index is 13.5. The molecule has 1 heterocycles. The van der Waals surface area contributed by atoms with E-state index in [1.807, 2.05) is 6.92 Å². The van der Waals surface area contributed by atoms with Crippen LogP contribution in [0, 0.1) is 18.6 Å². The molecule has 0 saturated carbocycles. The normalized spacial score (nSPS) is 10.8. The second-order valence-corrected chi connectivity index (χ2v) is 4.35. The van der Waals surface area contributed by atoms with Crippen molar-refractivity contribution >= 4 is 15.9 Å². The van der Waals surface area contributed by atoms with Gasteiger partial charge in [-0.3, -0.25) is 0 Å². The standard InChI is InChI=1S/C11H10BrF2N3/c1-7-10(4-5-12)16-17(15-7)11-3-2-8(13)6-9(11)14/h2-3,6H,4-5H2,1H3. The second-order valence-electron chi connectivity index (χ2n) is 3.56. The molecule has 0 fully saturated rings. The van der Waals surface area contributed by atoms with Crippen LogP contribution in [0.4, 0.5) is 8.78 Å². The molecule has 1 aromatic heterocycles. The number of halogens is 3. The first-order valence-corrected chi connectivity index (χ1v) is 6.18. The first-order chi connectivity index (χ1) is 8.11. The summed E-state index contributed by atoms with van der Waals surface area (Å²) >= 11 is 3.31. The number of alkyl halides is 1. The molecular weight excluding hydrogens is 292 g/mol. The van der Waals surface area contributed by atoms with Gasteiger partial charge in [0.15, 0.2) is 5.82 Å². The van der Waals surface area contributed by atoms with Crippen LogP contribution in [0.1, 0.15) is 11.4 Å². The van der Waals surface area contributed by atoms with Crippen molar-refractivity contribution in [2.45, 2.75) is 13.3 Å². The van der Waals surface area contributed by atoms with E-state index in [9.17, 15) is 8.78 Å². The molecule has 0 saturated heterocycles. The summed E-state index contributed by atoms with van der Waals surface area (Å²) in [6.07, 6.45) is 0.717. The number of hydrogen-bond acceptors (Lipinski definition) is 2. The topological polar surface area (TPSA) is 30.7 Å². The van der Waals surface area contributed by atoms with E-state index < -0.39 is 11.6 Å². The maximum Gasteiger partial charge on any atom is 0.153 e. The molecule has 0 spiro atoms. The monoisotopic (exact) mass is 301 g/mol. The van der Waals surface area contributed by atoms with Crippen LogP contribution < -0.4 is 0 Å². The second kappa shape index (κ2) is 4.91. The Bertz CT molecular complexity index is 540. The Balaban J connectivity index is 2.42. The van der Waals surface area contributed by atoms with E-state index in [0.29, 0.717) is 6.42 Å². The summed E-state index contributed by atoms with van der Waals surface area (Å²) < 4.78 is 26.3. The van der Waals surface area contributed by atoms with Gasteiger partial charge in [0.2, 0.25) is 0 Å². The average Bonchev–Trinajstić information content (AvgIpc) is 2.60. The molecule has 2 aromatic rings. The van der Waals surface area contributed by atoms with Crippen LogP contribution in [0.3, 0.4) is 0 Å². The Hall–Kier alpha value is -1.30. The summed E-state index contributed by atoms with van der Waals surface area (Å²) in [6, 6.07) is 3.32. The van der Waals surface area contributed by atoms with Gasteiger partial charge >= 0.3 is 0 Å². The highest BCUT2D eigenvalue weighted by Gasteiger charge is 2.11. The van der Waals surface area contributed by atoms with Crippen LogP contribution in [0.5, 0.6) is 0 Å². The molecule has 0 N–H and O–H groups in total. The Labute approximate surface area is 106 Å². The summed E-state index contributed by atoms with van der Waals surface area (Å²) in [4.78, 5) is 1.20. The zero-order valence-electron chi connectivity index (χ0n) is 9.12. The van der Waals surface area contributed by atoms with Gasteiger partial charge in [-0.05, 0) is 19.1 Å². The summed E-state index contributed by atoms with van der Waals surface area (Å²) in [6.45, 7) is 1.81. The van der Waals surface area contributed by atoms with Crippen molar-refractivity contribution in [2.24, 2.45) is 0 Å².